The van der Waals surface area contributed by atoms with Crippen LogP contribution in [0.1, 0.15) is 45.4 Å². The predicted molar refractivity (Wildman–Crippen MR) is 45.5 cm³/mol. The normalized spacial score (nSPS) is 45.0. The molecule has 1 saturated heterocycles. The van der Waals surface area contributed by atoms with Crippen LogP contribution in [0.4, 0.5) is 0 Å². The van der Waals surface area contributed by atoms with E-state index in [4.69, 9.17) is 4.74 Å². The molecule has 2 atom stereocenters. The molecule has 0 bridgehead atoms. The highest BCUT2D eigenvalue weighted by Crippen LogP contribution is 2.43. The Labute approximate surface area is 69.1 Å². The molecule has 0 aromatic carbocycles. The first-order valence-electron chi connectivity index (χ1n) is 4.93. The van der Waals surface area contributed by atoms with Gasteiger partial charge in [-0.2, -0.15) is 0 Å². The van der Waals surface area contributed by atoms with Crippen LogP contribution in [-0.2, 0) is 4.74 Å². The van der Waals surface area contributed by atoms with Gasteiger partial charge in [0, 0.05) is 6.61 Å². The van der Waals surface area contributed by atoms with Crippen LogP contribution in [-0.4, -0.2) is 12.7 Å². The average molecular weight is 154 g/mol. The van der Waals surface area contributed by atoms with Crippen LogP contribution in [0.25, 0.3) is 0 Å². The van der Waals surface area contributed by atoms with E-state index in [-0.39, 0.29) is 0 Å². The summed E-state index contributed by atoms with van der Waals surface area (Å²) in [6, 6.07) is 0. The second-order valence-electron chi connectivity index (χ2n) is 4.36. The van der Waals surface area contributed by atoms with Crippen molar-refractivity contribution < 1.29 is 4.74 Å². The maximum Gasteiger partial charge on any atom is 0.0629 e. The van der Waals surface area contributed by atoms with Crippen LogP contribution in [0, 0.1) is 5.41 Å². The lowest BCUT2D eigenvalue weighted by atomic mass is 9.79. The summed E-state index contributed by atoms with van der Waals surface area (Å²) >= 11 is 0. The molecule has 1 nitrogen and oxygen atoms in total. The van der Waals surface area contributed by atoms with E-state index in [0.717, 1.165) is 6.61 Å². The lowest BCUT2D eigenvalue weighted by Gasteiger charge is -2.27. The summed E-state index contributed by atoms with van der Waals surface area (Å²) in [4.78, 5) is 0. The molecule has 0 aromatic rings. The third-order valence-corrected chi connectivity index (χ3v) is 3.48. The fourth-order valence-corrected chi connectivity index (χ4v) is 2.55. The summed E-state index contributed by atoms with van der Waals surface area (Å²) in [5.41, 5.74) is 0.552. The summed E-state index contributed by atoms with van der Waals surface area (Å²) in [6.45, 7) is 3.43. The van der Waals surface area contributed by atoms with E-state index in [1.165, 1.54) is 38.5 Å². The van der Waals surface area contributed by atoms with Crippen molar-refractivity contribution in [1.82, 2.24) is 0 Å². The highest BCUT2D eigenvalue weighted by molar-refractivity contribution is 4.89. The van der Waals surface area contributed by atoms with Crippen molar-refractivity contribution >= 4 is 0 Å². The maximum atomic E-state index is 5.74. The molecule has 1 heterocycles. The fourth-order valence-electron chi connectivity index (χ4n) is 2.55. The molecule has 0 N–H and O–H groups in total. The molecule has 0 spiro atoms. The topological polar surface area (TPSA) is 9.23 Å². The molecule has 0 unspecified atom stereocenters. The number of hydrogen-bond acceptors (Lipinski definition) is 1. The zero-order valence-corrected chi connectivity index (χ0v) is 7.44. The van der Waals surface area contributed by atoms with Crippen LogP contribution >= 0.6 is 0 Å². The Kier molecular flexibility index (Phi) is 1.92. The minimum absolute atomic E-state index is 0.552. The van der Waals surface area contributed by atoms with Crippen molar-refractivity contribution in [2.24, 2.45) is 5.41 Å². The number of hydrogen-bond donors (Lipinski definition) is 0. The van der Waals surface area contributed by atoms with Crippen molar-refractivity contribution in [1.29, 1.82) is 0 Å². The van der Waals surface area contributed by atoms with Crippen molar-refractivity contribution in [2.75, 3.05) is 6.61 Å². The quantitative estimate of drug-likeness (QED) is 0.521. The minimum atomic E-state index is 0.552. The highest BCUT2D eigenvalue weighted by atomic mass is 16.5. The number of fused-ring (bicyclic) bond motifs is 1. The van der Waals surface area contributed by atoms with Gasteiger partial charge in [-0.05, 0) is 24.7 Å². The molecular formula is C10H18O. The summed E-state index contributed by atoms with van der Waals surface area (Å²) in [5, 5.41) is 0. The molecule has 2 aliphatic rings. The van der Waals surface area contributed by atoms with Crippen LogP contribution in [0.3, 0.4) is 0 Å². The Morgan fingerprint density at radius 3 is 3.00 bits per heavy atom. The first kappa shape index (κ1) is 7.60. The van der Waals surface area contributed by atoms with Gasteiger partial charge in [-0.15, -0.1) is 0 Å². The third kappa shape index (κ3) is 1.31. The van der Waals surface area contributed by atoms with Crippen molar-refractivity contribution in [3.05, 3.63) is 0 Å². The zero-order valence-electron chi connectivity index (χ0n) is 7.44. The Balaban J connectivity index is 2.09. The molecule has 2 rings (SSSR count). The fraction of sp³-hybridized carbons (Fsp3) is 1.00. The van der Waals surface area contributed by atoms with Crippen LogP contribution < -0.4 is 0 Å². The van der Waals surface area contributed by atoms with Crippen molar-refractivity contribution in [3.63, 3.8) is 0 Å². The summed E-state index contributed by atoms with van der Waals surface area (Å²) in [6.07, 6.45) is 8.86. The van der Waals surface area contributed by atoms with Gasteiger partial charge in [-0.1, -0.05) is 26.2 Å². The second kappa shape index (κ2) is 2.78. The Hall–Kier alpha value is -0.0400. The van der Waals surface area contributed by atoms with E-state index in [2.05, 4.69) is 6.92 Å². The highest BCUT2D eigenvalue weighted by Gasteiger charge is 2.39. The van der Waals surface area contributed by atoms with E-state index in [1.54, 1.807) is 0 Å². The van der Waals surface area contributed by atoms with Crippen LogP contribution in [0.2, 0.25) is 0 Å². The second-order valence-corrected chi connectivity index (χ2v) is 4.36. The SMILES string of the molecule is C[C@]12CCCCC[C@@H]1OCC2. The monoisotopic (exact) mass is 154 g/mol. The first-order chi connectivity index (χ1) is 5.31. The van der Waals surface area contributed by atoms with E-state index in [0.29, 0.717) is 11.5 Å². The van der Waals surface area contributed by atoms with Gasteiger partial charge in [0.2, 0.25) is 0 Å². The number of ether oxygens (including phenoxy) is 1. The van der Waals surface area contributed by atoms with Crippen LogP contribution in [0.5, 0.6) is 0 Å². The molecule has 1 aliphatic heterocycles. The van der Waals surface area contributed by atoms with Crippen molar-refractivity contribution in [2.45, 2.75) is 51.6 Å². The zero-order chi connectivity index (χ0) is 7.73. The molecule has 0 radical (unpaired) electrons. The maximum absolute atomic E-state index is 5.74. The lowest BCUT2D eigenvalue weighted by Crippen LogP contribution is -2.25. The largest absolute Gasteiger partial charge is 0.378 e. The Morgan fingerprint density at radius 1 is 1.18 bits per heavy atom. The predicted octanol–water partition coefficient (Wildman–Crippen LogP) is 2.75. The third-order valence-electron chi connectivity index (χ3n) is 3.48. The molecule has 1 aliphatic carbocycles. The molecule has 2 fully saturated rings. The summed E-state index contributed by atoms with van der Waals surface area (Å²) in [7, 11) is 0. The lowest BCUT2D eigenvalue weighted by molar-refractivity contribution is 0.0514. The van der Waals surface area contributed by atoms with Gasteiger partial charge >= 0.3 is 0 Å². The van der Waals surface area contributed by atoms with E-state index < -0.39 is 0 Å². The van der Waals surface area contributed by atoms with Gasteiger partial charge in [-0.25, -0.2) is 0 Å². The number of rotatable bonds is 0. The molecule has 0 amide bonds. The molecular weight excluding hydrogens is 136 g/mol. The Bertz CT molecular complexity index is 144. The van der Waals surface area contributed by atoms with Crippen LogP contribution in [0.15, 0.2) is 0 Å². The molecule has 1 saturated carbocycles. The summed E-state index contributed by atoms with van der Waals surface area (Å²) in [5.74, 6) is 0. The molecule has 0 aromatic heterocycles. The average Bonchev–Trinajstić information content (AvgIpc) is 2.24. The molecule has 11 heavy (non-hydrogen) atoms. The smallest absolute Gasteiger partial charge is 0.0629 e. The van der Waals surface area contributed by atoms with Crippen molar-refractivity contribution in [3.8, 4) is 0 Å². The standard InChI is InChI=1S/C10H18O/c1-10-6-4-2-3-5-9(10)11-8-7-10/h9H,2-8H2,1H3/t9-,10+/m0/s1. The Morgan fingerprint density at radius 2 is 2.09 bits per heavy atom. The van der Waals surface area contributed by atoms with E-state index in [1.807, 2.05) is 0 Å². The van der Waals surface area contributed by atoms with Gasteiger partial charge in [0.1, 0.15) is 0 Å². The van der Waals surface area contributed by atoms with Gasteiger partial charge in [0.15, 0.2) is 0 Å². The van der Waals surface area contributed by atoms with Gasteiger partial charge < -0.3 is 4.74 Å². The summed E-state index contributed by atoms with van der Waals surface area (Å²) < 4.78 is 5.74. The molecule has 1 heteroatoms. The first-order valence-corrected chi connectivity index (χ1v) is 4.93. The minimum Gasteiger partial charge on any atom is -0.378 e. The van der Waals surface area contributed by atoms with E-state index >= 15 is 0 Å². The van der Waals surface area contributed by atoms with Gasteiger partial charge in [-0.3, -0.25) is 0 Å². The van der Waals surface area contributed by atoms with Gasteiger partial charge in [0.05, 0.1) is 6.10 Å². The van der Waals surface area contributed by atoms with E-state index in [9.17, 15) is 0 Å². The molecule has 64 valence electrons. The van der Waals surface area contributed by atoms with Gasteiger partial charge in [0.25, 0.3) is 0 Å².